The van der Waals surface area contributed by atoms with E-state index in [9.17, 15) is 9.50 Å². The van der Waals surface area contributed by atoms with Crippen molar-refractivity contribution in [3.8, 4) is 29.0 Å². The Labute approximate surface area is 152 Å². The molecule has 26 heavy (non-hydrogen) atoms. The van der Waals surface area contributed by atoms with E-state index < -0.39 is 5.82 Å². The molecule has 2 heterocycles. The lowest BCUT2D eigenvalue weighted by molar-refractivity contribution is 0.00203. The van der Waals surface area contributed by atoms with Crippen molar-refractivity contribution in [2.45, 2.75) is 25.0 Å². The molecule has 2 aromatic heterocycles. The fourth-order valence-electron chi connectivity index (χ4n) is 2.51. The van der Waals surface area contributed by atoms with Crippen LogP contribution in [-0.4, -0.2) is 32.4 Å². The molecule has 1 saturated carbocycles. The van der Waals surface area contributed by atoms with Crippen molar-refractivity contribution >= 4 is 11.6 Å². The molecule has 0 amide bonds. The van der Waals surface area contributed by atoms with Gasteiger partial charge in [0.1, 0.15) is 29.5 Å². The number of benzene rings is 1. The first-order valence-corrected chi connectivity index (χ1v) is 8.21. The quantitative estimate of drug-likeness (QED) is 0.726. The molecule has 7 nitrogen and oxygen atoms in total. The van der Waals surface area contributed by atoms with Gasteiger partial charge in [-0.3, -0.25) is 0 Å². The topological polar surface area (TPSA) is 90.5 Å². The average Bonchev–Trinajstić information content (AvgIpc) is 3.03. The van der Waals surface area contributed by atoms with Crippen LogP contribution in [0.3, 0.4) is 0 Å². The van der Waals surface area contributed by atoms with Crippen LogP contribution in [-0.2, 0) is 0 Å². The average molecular weight is 378 g/mol. The first-order chi connectivity index (χ1) is 12.6. The normalized spacial score (nSPS) is 19.0. The van der Waals surface area contributed by atoms with E-state index in [1.807, 2.05) is 0 Å². The number of hydrogen-bond acceptors (Lipinski definition) is 7. The molecule has 0 atom stereocenters. The van der Waals surface area contributed by atoms with Gasteiger partial charge in [0.15, 0.2) is 5.76 Å². The first-order valence-electron chi connectivity index (χ1n) is 7.83. The minimum atomic E-state index is -0.476. The van der Waals surface area contributed by atoms with Gasteiger partial charge < -0.3 is 19.1 Å². The second-order valence-electron chi connectivity index (χ2n) is 5.82. The van der Waals surface area contributed by atoms with Crippen molar-refractivity contribution in [1.82, 2.24) is 15.1 Å². The van der Waals surface area contributed by atoms with Crippen LogP contribution in [0.4, 0.5) is 4.39 Å². The van der Waals surface area contributed by atoms with Crippen LogP contribution >= 0.6 is 11.6 Å². The van der Waals surface area contributed by atoms with Gasteiger partial charge in [0.25, 0.3) is 5.88 Å². The molecule has 1 aliphatic rings. The number of rotatable bonds is 5. The van der Waals surface area contributed by atoms with E-state index in [4.69, 9.17) is 25.6 Å². The van der Waals surface area contributed by atoms with Gasteiger partial charge in [0.2, 0.25) is 5.88 Å². The maximum Gasteiger partial charge on any atom is 0.252 e. The Balaban J connectivity index is 1.29. The van der Waals surface area contributed by atoms with Crippen molar-refractivity contribution in [3.05, 3.63) is 47.5 Å². The summed E-state index contributed by atoms with van der Waals surface area (Å²) >= 11 is 5.73. The van der Waals surface area contributed by atoms with Gasteiger partial charge in [-0.15, -0.1) is 0 Å². The molecule has 0 saturated heterocycles. The molecule has 0 radical (unpaired) electrons. The van der Waals surface area contributed by atoms with Crippen LogP contribution in [0.1, 0.15) is 12.8 Å². The summed E-state index contributed by atoms with van der Waals surface area (Å²) in [7, 11) is 0. The first kappa shape index (κ1) is 16.6. The molecule has 4 rings (SSSR count). The Morgan fingerprint density at radius 2 is 1.92 bits per heavy atom. The van der Waals surface area contributed by atoms with Crippen LogP contribution in [0, 0.1) is 5.82 Å². The molecular formula is C17H13ClFN3O4. The Bertz CT molecular complexity index is 913. The highest BCUT2D eigenvalue weighted by atomic mass is 35.5. The molecule has 1 aliphatic carbocycles. The molecule has 9 heteroatoms. The highest BCUT2D eigenvalue weighted by Gasteiger charge is 2.33. The van der Waals surface area contributed by atoms with E-state index in [0.29, 0.717) is 35.9 Å². The van der Waals surface area contributed by atoms with Gasteiger partial charge in [0, 0.05) is 18.9 Å². The SMILES string of the molecule is Oc1cc(-c2cnc(OC3CC(Oc4ccc(F)c(Cl)c4)C3)cn2)on1. The monoisotopic (exact) mass is 377 g/mol. The van der Waals surface area contributed by atoms with E-state index in [1.54, 1.807) is 6.07 Å². The van der Waals surface area contributed by atoms with Crippen molar-refractivity contribution in [3.63, 3.8) is 0 Å². The summed E-state index contributed by atoms with van der Waals surface area (Å²) in [4.78, 5) is 8.33. The van der Waals surface area contributed by atoms with Crippen LogP contribution in [0.5, 0.6) is 17.5 Å². The third-order valence-electron chi connectivity index (χ3n) is 3.91. The van der Waals surface area contributed by atoms with Gasteiger partial charge in [-0.2, -0.15) is 0 Å². The predicted octanol–water partition coefficient (Wildman–Crippen LogP) is 3.62. The van der Waals surface area contributed by atoms with E-state index >= 15 is 0 Å². The molecule has 0 spiro atoms. The smallest absolute Gasteiger partial charge is 0.252 e. The zero-order valence-electron chi connectivity index (χ0n) is 13.3. The van der Waals surface area contributed by atoms with Gasteiger partial charge >= 0.3 is 0 Å². The summed E-state index contributed by atoms with van der Waals surface area (Å²) < 4.78 is 29.5. The maximum atomic E-state index is 13.1. The predicted molar refractivity (Wildman–Crippen MR) is 88.7 cm³/mol. The number of hydrogen-bond donors (Lipinski definition) is 1. The molecule has 3 aromatic rings. The molecular weight excluding hydrogens is 365 g/mol. The van der Waals surface area contributed by atoms with Crippen LogP contribution in [0.25, 0.3) is 11.5 Å². The molecule has 1 N–H and O–H groups in total. The second-order valence-corrected chi connectivity index (χ2v) is 6.22. The number of ether oxygens (including phenoxy) is 2. The molecule has 134 valence electrons. The summed E-state index contributed by atoms with van der Waals surface area (Å²) in [6.07, 6.45) is 4.24. The number of aromatic nitrogens is 3. The number of aromatic hydroxyl groups is 1. The summed E-state index contributed by atoms with van der Waals surface area (Å²) in [5.74, 6) is 0.531. The van der Waals surface area contributed by atoms with Crippen LogP contribution in [0.15, 0.2) is 41.2 Å². The van der Waals surface area contributed by atoms with E-state index in [0.717, 1.165) is 0 Å². The Kier molecular flexibility index (Phi) is 4.34. The van der Waals surface area contributed by atoms with Gasteiger partial charge in [-0.1, -0.05) is 11.6 Å². The van der Waals surface area contributed by atoms with Gasteiger partial charge in [0.05, 0.1) is 23.5 Å². The maximum absolute atomic E-state index is 13.1. The zero-order valence-corrected chi connectivity index (χ0v) is 14.1. The highest BCUT2D eigenvalue weighted by molar-refractivity contribution is 6.30. The Morgan fingerprint density at radius 3 is 2.58 bits per heavy atom. The van der Waals surface area contributed by atoms with E-state index in [2.05, 4.69) is 15.1 Å². The van der Waals surface area contributed by atoms with Crippen LogP contribution in [0.2, 0.25) is 5.02 Å². The van der Waals surface area contributed by atoms with Crippen molar-refractivity contribution < 1.29 is 23.5 Å². The molecule has 1 aromatic carbocycles. The molecule has 0 unspecified atom stereocenters. The summed E-state index contributed by atoms with van der Waals surface area (Å²) in [6, 6.07) is 5.62. The molecule has 0 aliphatic heterocycles. The molecule has 1 fully saturated rings. The van der Waals surface area contributed by atoms with Crippen LogP contribution < -0.4 is 9.47 Å². The number of nitrogens with zero attached hydrogens (tertiary/aromatic N) is 3. The fourth-order valence-corrected chi connectivity index (χ4v) is 2.68. The summed E-state index contributed by atoms with van der Waals surface area (Å²) in [5.41, 5.74) is 0.438. The molecule has 0 bridgehead atoms. The largest absolute Gasteiger partial charge is 0.491 e. The van der Waals surface area contributed by atoms with E-state index in [-0.39, 0.29) is 23.1 Å². The van der Waals surface area contributed by atoms with E-state index in [1.165, 1.54) is 30.6 Å². The number of halogens is 2. The van der Waals surface area contributed by atoms with Crippen molar-refractivity contribution in [1.29, 1.82) is 0 Å². The third-order valence-corrected chi connectivity index (χ3v) is 4.20. The lowest BCUT2D eigenvalue weighted by Gasteiger charge is -2.34. The summed E-state index contributed by atoms with van der Waals surface area (Å²) in [6.45, 7) is 0. The fraction of sp³-hybridized carbons (Fsp3) is 0.235. The Hall–Kier alpha value is -2.87. The highest BCUT2D eigenvalue weighted by Crippen LogP contribution is 2.31. The van der Waals surface area contributed by atoms with Crippen molar-refractivity contribution in [2.24, 2.45) is 0 Å². The van der Waals surface area contributed by atoms with Gasteiger partial charge in [-0.25, -0.2) is 14.4 Å². The lowest BCUT2D eigenvalue weighted by atomic mass is 9.92. The minimum Gasteiger partial charge on any atom is -0.491 e. The second kappa shape index (κ2) is 6.80. The van der Waals surface area contributed by atoms with Gasteiger partial charge in [-0.05, 0) is 17.3 Å². The van der Waals surface area contributed by atoms with Crippen molar-refractivity contribution in [2.75, 3.05) is 0 Å². The third kappa shape index (κ3) is 3.55. The summed E-state index contributed by atoms with van der Waals surface area (Å²) in [5, 5.41) is 12.6. The lowest BCUT2D eigenvalue weighted by Crippen LogP contribution is -2.41. The Morgan fingerprint density at radius 1 is 1.12 bits per heavy atom. The standard InChI is InChI=1S/C17H13ClFN3O4/c18-12-5-9(1-2-13(12)19)24-10-3-11(4-10)25-17-8-20-14(7-21-17)15-6-16(23)22-26-15/h1-2,5-8,10-11H,3-4H2,(H,22,23). The minimum absolute atomic E-state index is 0.0223. The zero-order chi connectivity index (χ0) is 18.1.